The monoisotopic (exact) mass is 553 g/mol. The van der Waals surface area contributed by atoms with Crippen LogP contribution in [0.25, 0.3) is 0 Å². The molecule has 0 aliphatic heterocycles. The minimum Gasteiger partial charge on any atom is -0.508 e. The van der Waals surface area contributed by atoms with Crippen molar-refractivity contribution in [3.8, 4) is 5.75 Å². The van der Waals surface area contributed by atoms with Crippen LogP contribution in [-0.4, -0.2) is 53.0 Å². The van der Waals surface area contributed by atoms with Crippen LogP contribution >= 0.6 is 0 Å². The fourth-order valence-corrected chi connectivity index (χ4v) is 4.49. The van der Waals surface area contributed by atoms with Crippen LogP contribution in [0, 0.1) is 19.8 Å². The first-order valence-corrected chi connectivity index (χ1v) is 13.5. The Labute approximate surface area is 237 Å². The van der Waals surface area contributed by atoms with Gasteiger partial charge in [-0.05, 0) is 75.4 Å². The van der Waals surface area contributed by atoms with E-state index in [2.05, 4.69) is 16.0 Å². The topological polar surface area (TPSA) is 134 Å². The van der Waals surface area contributed by atoms with Gasteiger partial charge in [-0.25, -0.2) is 4.79 Å². The number of phenols is 1. The summed E-state index contributed by atoms with van der Waals surface area (Å²) in [6.45, 7) is 12.1. The largest absolute Gasteiger partial charge is 0.508 e. The van der Waals surface area contributed by atoms with Crippen LogP contribution in [0.2, 0.25) is 0 Å². The van der Waals surface area contributed by atoms with Gasteiger partial charge in [0.2, 0.25) is 11.8 Å². The minimum atomic E-state index is -0.933. The highest BCUT2D eigenvalue weighted by Crippen LogP contribution is 2.23. The number of nitrogens with one attached hydrogen (secondary N) is 3. The molecule has 3 atom stereocenters. The summed E-state index contributed by atoms with van der Waals surface area (Å²) in [5, 5.41) is 18.3. The van der Waals surface area contributed by atoms with Gasteiger partial charge in [-0.15, -0.1) is 0 Å². The molecule has 0 fully saturated rings. The molecule has 0 saturated heterocycles. The van der Waals surface area contributed by atoms with Crippen LogP contribution in [0.3, 0.4) is 0 Å². The number of benzene rings is 2. The Kier molecular flexibility index (Phi) is 11.7. The fraction of sp³-hybridized carbons (Fsp3) is 0.484. The number of rotatable bonds is 12. The molecule has 0 saturated carbocycles. The predicted molar refractivity (Wildman–Crippen MR) is 154 cm³/mol. The molecule has 0 unspecified atom stereocenters. The second-order valence-electron chi connectivity index (χ2n) is 11.4. The Morgan fingerprint density at radius 2 is 1.55 bits per heavy atom. The zero-order chi connectivity index (χ0) is 30.0. The van der Waals surface area contributed by atoms with Crippen molar-refractivity contribution < 1.29 is 29.0 Å². The maximum absolute atomic E-state index is 13.4. The highest BCUT2D eigenvalue weighted by Gasteiger charge is 2.28. The van der Waals surface area contributed by atoms with Crippen LogP contribution < -0.4 is 16.0 Å². The lowest BCUT2D eigenvalue weighted by atomic mass is 9.91. The average Bonchev–Trinajstić information content (AvgIpc) is 2.82. The first-order chi connectivity index (χ1) is 18.6. The van der Waals surface area contributed by atoms with Gasteiger partial charge >= 0.3 is 6.09 Å². The molecule has 0 aliphatic carbocycles. The van der Waals surface area contributed by atoms with Crippen molar-refractivity contribution in [1.82, 2.24) is 16.0 Å². The Morgan fingerprint density at radius 1 is 0.950 bits per heavy atom. The number of hydrogen-bond acceptors (Lipinski definition) is 6. The molecule has 2 aromatic rings. The lowest BCUT2D eigenvalue weighted by Gasteiger charge is -2.25. The third kappa shape index (κ3) is 11.1. The van der Waals surface area contributed by atoms with E-state index in [1.54, 1.807) is 39.8 Å². The standard InChI is InChI=1S/C31H43N3O6/c1-19-13-25(36)14-20(2)26(19)17-27(34-30(39)40-31(5,6)7)28(37)15-21(3)29(38)32-18-24(33-22(4)35)16-23-11-9-8-10-12-23/h8-14,21,24,27,36H,15-18H2,1-7H3,(H,32,38)(H,33,35)(H,34,39)/t21-,24-,27-/m0/s1. The van der Waals surface area contributed by atoms with E-state index in [1.165, 1.54) is 6.92 Å². The molecule has 9 heteroatoms. The van der Waals surface area contributed by atoms with Gasteiger partial charge < -0.3 is 25.8 Å². The van der Waals surface area contributed by atoms with E-state index in [0.29, 0.717) is 6.42 Å². The molecule has 0 radical (unpaired) electrons. The van der Waals surface area contributed by atoms with Crippen LogP contribution in [0.4, 0.5) is 4.79 Å². The molecule has 3 amide bonds. The smallest absolute Gasteiger partial charge is 0.408 e. The number of aryl methyl sites for hydroxylation is 2. The summed E-state index contributed by atoms with van der Waals surface area (Å²) in [6, 6.07) is 11.6. The maximum atomic E-state index is 13.4. The second kappa shape index (κ2) is 14.5. The molecule has 0 bridgehead atoms. The number of hydrogen-bond donors (Lipinski definition) is 4. The van der Waals surface area contributed by atoms with Crippen LogP contribution in [0.5, 0.6) is 5.75 Å². The number of ether oxygens (including phenoxy) is 1. The highest BCUT2D eigenvalue weighted by atomic mass is 16.6. The fourth-order valence-electron chi connectivity index (χ4n) is 4.49. The normalized spacial score (nSPS) is 13.5. The summed E-state index contributed by atoms with van der Waals surface area (Å²) in [7, 11) is 0. The van der Waals surface area contributed by atoms with Gasteiger partial charge in [0.1, 0.15) is 11.4 Å². The van der Waals surface area contributed by atoms with Gasteiger partial charge in [0.15, 0.2) is 5.78 Å². The van der Waals surface area contributed by atoms with Crippen LogP contribution in [0.1, 0.15) is 63.3 Å². The average molecular weight is 554 g/mol. The molecule has 0 spiro atoms. The number of Topliss-reactive ketones (excluding diaryl/α,β-unsaturated/α-hetero) is 1. The number of carbonyl (C=O) groups excluding carboxylic acids is 4. The summed E-state index contributed by atoms with van der Waals surface area (Å²) in [5.41, 5.74) is 2.67. The number of phenolic OH excluding ortho intramolecular Hbond substituents is 1. The van der Waals surface area contributed by atoms with Crippen molar-refractivity contribution in [1.29, 1.82) is 0 Å². The van der Waals surface area contributed by atoms with Crippen molar-refractivity contribution in [3.63, 3.8) is 0 Å². The maximum Gasteiger partial charge on any atom is 0.408 e. The molecule has 218 valence electrons. The van der Waals surface area contributed by atoms with Crippen LogP contribution in [-0.2, 0) is 32.0 Å². The third-order valence-electron chi connectivity index (χ3n) is 6.38. The van der Waals surface area contributed by atoms with Gasteiger partial charge in [-0.1, -0.05) is 37.3 Å². The lowest BCUT2D eigenvalue weighted by Crippen LogP contribution is -2.47. The van der Waals surface area contributed by atoms with E-state index in [4.69, 9.17) is 4.74 Å². The van der Waals surface area contributed by atoms with Gasteiger partial charge in [0, 0.05) is 32.2 Å². The van der Waals surface area contributed by atoms with E-state index < -0.39 is 23.7 Å². The minimum absolute atomic E-state index is 0.105. The van der Waals surface area contributed by atoms with Gasteiger partial charge in [0.25, 0.3) is 0 Å². The summed E-state index contributed by atoms with van der Waals surface area (Å²) < 4.78 is 5.38. The summed E-state index contributed by atoms with van der Waals surface area (Å²) in [6.07, 6.45) is -0.102. The van der Waals surface area contributed by atoms with Crippen molar-refractivity contribution in [3.05, 3.63) is 64.7 Å². The molecule has 0 aliphatic rings. The quantitative estimate of drug-likeness (QED) is 0.315. The van der Waals surface area contributed by atoms with Gasteiger partial charge in [-0.3, -0.25) is 14.4 Å². The summed E-state index contributed by atoms with van der Waals surface area (Å²) in [5.74, 6) is -1.40. The van der Waals surface area contributed by atoms with Crippen molar-refractivity contribution >= 4 is 23.7 Å². The lowest BCUT2D eigenvalue weighted by molar-refractivity contribution is -0.129. The summed E-state index contributed by atoms with van der Waals surface area (Å²) in [4.78, 5) is 50.7. The molecule has 9 nitrogen and oxygen atoms in total. The SMILES string of the molecule is CC(=O)N[C@H](CNC(=O)[C@@H](C)CC(=O)[C@H](Cc1c(C)cc(O)cc1C)NC(=O)OC(C)(C)C)Cc1ccccc1. The summed E-state index contributed by atoms with van der Waals surface area (Å²) >= 11 is 0. The zero-order valence-electron chi connectivity index (χ0n) is 24.6. The predicted octanol–water partition coefficient (Wildman–Crippen LogP) is 3.90. The molecule has 0 aromatic heterocycles. The molecular weight excluding hydrogens is 510 g/mol. The number of carbonyl (C=O) groups is 4. The first kappa shape index (κ1) is 32.3. The third-order valence-corrected chi connectivity index (χ3v) is 6.38. The molecule has 40 heavy (non-hydrogen) atoms. The number of amides is 3. The first-order valence-electron chi connectivity index (χ1n) is 13.5. The van der Waals surface area contributed by atoms with Gasteiger partial charge in [-0.2, -0.15) is 0 Å². The molecular formula is C31H43N3O6. The Balaban J connectivity index is 2.11. The van der Waals surface area contributed by atoms with Gasteiger partial charge in [0.05, 0.1) is 12.1 Å². The van der Waals surface area contributed by atoms with E-state index in [-0.39, 0.29) is 48.8 Å². The Morgan fingerprint density at radius 3 is 2.10 bits per heavy atom. The molecule has 0 heterocycles. The Bertz CT molecular complexity index is 1170. The van der Waals surface area contributed by atoms with Crippen molar-refractivity contribution in [2.24, 2.45) is 5.92 Å². The van der Waals surface area contributed by atoms with Crippen LogP contribution in [0.15, 0.2) is 42.5 Å². The Hall–Kier alpha value is -3.88. The number of alkyl carbamates (subject to hydrolysis) is 1. The number of ketones is 1. The van der Waals surface area contributed by atoms with E-state index in [1.807, 2.05) is 44.2 Å². The van der Waals surface area contributed by atoms with Crippen molar-refractivity contribution in [2.75, 3.05) is 6.54 Å². The second-order valence-corrected chi connectivity index (χ2v) is 11.4. The highest BCUT2D eigenvalue weighted by molar-refractivity contribution is 5.91. The molecule has 2 aromatic carbocycles. The molecule has 2 rings (SSSR count). The zero-order valence-corrected chi connectivity index (χ0v) is 24.6. The van der Waals surface area contributed by atoms with E-state index in [9.17, 15) is 24.3 Å². The van der Waals surface area contributed by atoms with Crippen molar-refractivity contribution in [2.45, 2.75) is 85.4 Å². The van der Waals surface area contributed by atoms with E-state index >= 15 is 0 Å². The van der Waals surface area contributed by atoms with E-state index in [0.717, 1.165) is 22.3 Å². The molecule has 4 N–H and O–H groups in total. The number of aromatic hydroxyl groups is 1.